The quantitative estimate of drug-likeness (QED) is 0.821. The molecule has 1 aromatic rings. The van der Waals surface area contributed by atoms with Crippen molar-refractivity contribution in [2.45, 2.75) is 37.6 Å². The lowest BCUT2D eigenvalue weighted by Gasteiger charge is -2.27. The normalized spacial score (nSPS) is 19.9. The fraction of sp³-hybridized carbons (Fsp3) is 0.615. The Morgan fingerprint density at radius 2 is 2.41 bits per heavy atom. The number of hydrogen-bond donors (Lipinski definition) is 1. The molecule has 2 rings (SSSR count). The van der Waals surface area contributed by atoms with Gasteiger partial charge in [-0.15, -0.1) is 11.6 Å². The van der Waals surface area contributed by atoms with Crippen molar-refractivity contribution in [2.24, 2.45) is 0 Å². The van der Waals surface area contributed by atoms with Crippen LogP contribution in [-0.4, -0.2) is 29.3 Å². The second kappa shape index (κ2) is 6.22. The molecule has 0 aliphatic carbocycles. The Morgan fingerprint density at radius 1 is 1.53 bits per heavy atom. The maximum Gasteiger partial charge on any atom is 0.133 e. The minimum atomic E-state index is 0.273. The van der Waals surface area contributed by atoms with Crippen LogP contribution in [0.1, 0.15) is 31.2 Å². The van der Waals surface area contributed by atoms with Gasteiger partial charge in [0, 0.05) is 31.0 Å². The molecule has 4 heteroatoms. The van der Waals surface area contributed by atoms with E-state index in [4.69, 9.17) is 16.7 Å². The summed E-state index contributed by atoms with van der Waals surface area (Å²) in [5.74, 6) is 1.54. The highest BCUT2D eigenvalue weighted by Crippen LogP contribution is 2.29. The molecule has 0 bridgehead atoms. The number of rotatable bonds is 5. The smallest absolute Gasteiger partial charge is 0.133 e. The molecule has 0 aromatic carbocycles. The Balaban J connectivity index is 2.14. The second-order valence-electron chi connectivity index (χ2n) is 4.48. The van der Waals surface area contributed by atoms with Crippen molar-refractivity contribution in [1.29, 1.82) is 0 Å². The molecule has 0 radical (unpaired) electrons. The van der Waals surface area contributed by atoms with Crippen molar-refractivity contribution in [3.05, 3.63) is 23.9 Å². The highest BCUT2D eigenvalue weighted by Gasteiger charge is 2.26. The second-order valence-corrected chi connectivity index (χ2v) is 4.74. The molecule has 0 saturated carbocycles. The van der Waals surface area contributed by atoms with Gasteiger partial charge in [-0.2, -0.15) is 0 Å². The Bertz CT molecular complexity index is 359. The van der Waals surface area contributed by atoms with Crippen molar-refractivity contribution in [2.75, 3.05) is 18.1 Å². The van der Waals surface area contributed by atoms with E-state index in [1.165, 1.54) is 12.8 Å². The van der Waals surface area contributed by atoms with Crippen LogP contribution in [0.5, 0.6) is 0 Å². The van der Waals surface area contributed by atoms with Crippen molar-refractivity contribution in [3.8, 4) is 0 Å². The topological polar surface area (TPSA) is 36.4 Å². The van der Waals surface area contributed by atoms with Crippen LogP contribution >= 0.6 is 11.6 Å². The van der Waals surface area contributed by atoms with Crippen LogP contribution in [0, 0.1) is 0 Å². The van der Waals surface area contributed by atoms with Gasteiger partial charge in [-0.3, -0.25) is 0 Å². The van der Waals surface area contributed by atoms with Gasteiger partial charge in [0.05, 0.1) is 5.88 Å². The predicted octanol–water partition coefficient (Wildman–Crippen LogP) is 2.56. The van der Waals surface area contributed by atoms with Gasteiger partial charge in [0.15, 0.2) is 0 Å². The summed E-state index contributed by atoms with van der Waals surface area (Å²) in [6.45, 7) is 1.33. The number of nitrogens with zero attached hydrogens (tertiary/aromatic N) is 2. The summed E-state index contributed by atoms with van der Waals surface area (Å²) in [6.07, 6.45) is 6.12. The third-order valence-electron chi connectivity index (χ3n) is 3.36. The number of aromatic nitrogens is 1. The van der Waals surface area contributed by atoms with Gasteiger partial charge in [-0.05, 0) is 31.7 Å². The molecule has 1 unspecified atom stereocenters. The zero-order valence-electron chi connectivity index (χ0n) is 9.98. The van der Waals surface area contributed by atoms with E-state index in [9.17, 15) is 0 Å². The summed E-state index contributed by atoms with van der Waals surface area (Å²) in [6, 6.07) is 4.48. The Kier molecular flexibility index (Phi) is 4.63. The zero-order chi connectivity index (χ0) is 12.1. The molecule has 1 aliphatic heterocycles. The first-order chi connectivity index (χ1) is 8.36. The van der Waals surface area contributed by atoms with E-state index in [1.54, 1.807) is 0 Å². The fourth-order valence-electron chi connectivity index (χ4n) is 2.53. The summed E-state index contributed by atoms with van der Waals surface area (Å²) in [7, 11) is 0. The van der Waals surface area contributed by atoms with Gasteiger partial charge < -0.3 is 10.0 Å². The molecule has 2 heterocycles. The van der Waals surface area contributed by atoms with Crippen molar-refractivity contribution in [3.63, 3.8) is 0 Å². The standard InChI is InChI=1S/C13H19ClN2O/c14-10-11-4-1-7-15-13(11)16-8-2-5-12(16)6-3-9-17/h1,4,7,12,17H,2-3,5-6,8-10H2. The maximum absolute atomic E-state index is 8.93. The van der Waals surface area contributed by atoms with E-state index in [0.29, 0.717) is 11.9 Å². The molecule has 3 nitrogen and oxygen atoms in total. The average molecular weight is 255 g/mol. The average Bonchev–Trinajstić information content (AvgIpc) is 2.84. The molecule has 1 atom stereocenters. The van der Waals surface area contributed by atoms with Crippen LogP contribution < -0.4 is 4.90 Å². The number of aliphatic hydroxyl groups is 1. The van der Waals surface area contributed by atoms with Gasteiger partial charge in [-0.25, -0.2) is 4.98 Å². The molecule has 1 aromatic heterocycles. The molecule has 0 spiro atoms. The van der Waals surface area contributed by atoms with Crippen LogP contribution in [0.3, 0.4) is 0 Å². The van der Waals surface area contributed by atoms with E-state index in [1.807, 2.05) is 18.3 Å². The van der Waals surface area contributed by atoms with E-state index < -0.39 is 0 Å². The summed E-state index contributed by atoms with van der Waals surface area (Å²) < 4.78 is 0. The monoisotopic (exact) mass is 254 g/mol. The summed E-state index contributed by atoms with van der Waals surface area (Å²) in [4.78, 5) is 6.82. The van der Waals surface area contributed by atoms with E-state index >= 15 is 0 Å². The van der Waals surface area contributed by atoms with Crippen LogP contribution in [0.25, 0.3) is 0 Å². The van der Waals surface area contributed by atoms with Gasteiger partial charge in [-0.1, -0.05) is 6.07 Å². The highest BCUT2D eigenvalue weighted by molar-refractivity contribution is 6.17. The summed E-state index contributed by atoms with van der Waals surface area (Å²) in [5.41, 5.74) is 1.10. The largest absolute Gasteiger partial charge is 0.396 e. The lowest BCUT2D eigenvalue weighted by molar-refractivity contribution is 0.279. The molecular weight excluding hydrogens is 236 g/mol. The Morgan fingerprint density at radius 3 is 3.18 bits per heavy atom. The Labute approximate surface area is 107 Å². The first-order valence-corrected chi connectivity index (χ1v) is 6.77. The van der Waals surface area contributed by atoms with Gasteiger partial charge in [0.1, 0.15) is 5.82 Å². The summed E-state index contributed by atoms with van der Waals surface area (Å²) >= 11 is 5.96. The third kappa shape index (κ3) is 2.90. The number of alkyl halides is 1. The molecule has 1 N–H and O–H groups in total. The molecule has 0 amide bonds. The minimum Gasteiger partial charge on any atom is -0.396 e. The zero-order valence-corrected chi connectivity index (χ0v) is 10.7. The number of anilines is 1. The van der Waals surface area contributed by atoms with Crippen LogP contribution in [-0.2, 0) is 5.88 Å². The van der Waals surface area contributed by atoms with Gasteiger partial charge in [0.25, 0.3) is 0 Å². The van der Waals surface area contributed by atoms with Crippen LogP contribution in [0.15, 0.2) is 18.3 Å². The minimum absolute atomic E-state index is 0.273. The number of halogens is 1. The number of hydrogen-bond acceptors (Lipinski definition) is 3. The van der Waals surface area contributed by atoms with E-state index in [-0.39, 0.29) is 6.61 Å². The molecule has 1 aliphatic rings. The lowest BCUT2D eigenvalue weighted by Crippen LogP contribution is -2.30. The van der Waals surface area contributed by atoms with Crippen LogP contribution in [0.2, 0.25) is 0 Å². The molecule has 1 fully saturated rings. The predicted molar refractivity (Wildman–Crippen MR) is 70.5 cm³/mol. The van der Waals surface area contributed by atoms with E-state index in [2.05, 4.69) is 9.88 Å². The molecule has 17 heavy (non-hydrogen) atoms. The third-order valence-corrected chi connectivity index (χ3v) is 3.64. The molecular formula is C13H19ClN2O. The highest BCUT2D eigenvalue weighted by atomic mass is 35.5. The van der Waals surface area contributed by atoms with E-state index in [0.717, 1.165) is 30.8 Å². The van der Waals surface area contributed by atoms with Crippen LogP contribution in [0.4, 0.5) is 5.82 Å². The first-order valence-electron chi connectivity index (χ1n) is 6.24. The molecule has 94 valence electrons. The molecule has 1 saturated heterocycles. The van der Waals surface area contributed by atoms with Crippen molar-refractivity contribution < 1.29 is 5.11 Å². The fourth-order valence-corrected chi connectivity index (χ4v) is 2.74. The lowest BCUT2D eigenvalue weighted by atomic mass is 10.1. The number of pyridine rings is 1. The maximum atomic E-state index is 8.93. The van der Waals surface area contributed by atoms with Crippen molar-refractivity contribution >= 4 is 17.4 Å². The SMILES string of the molecule is OCCCC1CCCN1c1ncccc1CCl. The Hall–Kier alpha value is -0.800. The van der Waals surface area contributed by atoms with Crippen molar-refractivity contribution in [1.82, 2.24) is 4.98 Å². The van der Waals surface area contributed by atoms with Gasteiger partial charge in [0.2, 0.25) is 0 Å². The first kappa shape index (κ1) is 12.7. The number of aliphatic hydroxyl groups excluding tert-OH is 1. The summed E-state index contributed by atoms with van der Waals surface area (Å²) in [5, 5.41) is 8.93. The van der Waals surface area contributed by atoms with Gasteiger partial charge >= 0.3 is 0 Å².